The average molecular weight is 388 g/mol. The number of carbonyl (C=O) groups excluding carboxylic acids is 2. The molecule has 0 saturated carbocycles. The minimum absolute atomic E-state index is 0.0125. The van der Waals surface area contributed by atoms with E-state index in [-0.39, 0.29) is 28.1 Å². The Hall–Kier alpha value is -0.790. The first-order valence-corrected chi connectivity index (χ1v) is 10.6. The molecule has 1 saturated heterocycles. The van der Waals surface area contributed by atoms with Crippen LogP contribution in [0.4, 0.5) is 0 Å². The Labute approximate surface area is 163 Å². The van der Waals surface area contributed by atoms with Crippen LogP contribution in [0.3, 0.4) is 0 Å². The van der Waals surface area contributed by atoms with Crippen LogP contribution in [-0.4, -0.2) is 59.0 Å². The number of hydrogen-bond acceptors (Lipinski definition) is 5. The molecular weight excluding hydrogens is 350 g/mol. The standard InChI is InChI=1S/C19H37N3O3S/c1-8-9-10-14(13-20-25-18(2,3)4)16(23)21-15-17(24)22(7)11-12-26-19(15,5)6/h14-15,20H,8-13H2,1-7H3,(H,21,23)/t14-,15-/m1/s1. The van der Waals surface area contributed by atoms with Gasteiger partial charge < -0.3 is 10.2 Å². The molecule has 0 aromatic carbocycles. The predicted octanol–water partition coefficient (Wildman–Crippen LogP) is 2.58. The normalized spacial score (nSPS) is 22.0. The number of nitrogens with zero attached hydrogens (tertiary/aromatic N) is 1. The van der Waals surface area contributed by atoms with Crippen molar-refractivity contribution in [3.05, 3.63) is 0 Å². The van der Waals surface area contributed by atoms with E-state index in [0.29, 0.717) is 13.1 Å². The average Bonchev–Trinajstić information content (AvgIpc) is 2.61. The molecule has 0 aromatic heterocycles. The third kappa shape index (κ3) is 7.45. The van der Waals surface area contributed by atoms with Crippen LogP contribution in [0.15, 0.2) is 0 Å². The van der Waals surface area contributed by atoms with Crippen molar-refractivity contribution in [2.75, 3.05) is 25.9 Å². The van der Waals surface area contributed by atoms with Crippen molar-refractivity contribution in [2.45, 2.75) is 77.2 Å². The molecule has 2 amide bonds. The molecule has 0 aliphatic carbocycles. The van der Waals surface area contributed by atoms with E-state index in [2.05, 4.69) is 17.7 Å². The lowest BCUT2D eigenvalue weighted by molar-refractivity contribution is -0.137. The summed E-state index contributed by atoms with van der Waals surface area (Å²) < 4.78 is -0.331. The smallest absolute Gasteiger partial charge is 0.246 e. The fourth-order valence-electron chi connectivity index (χ4n) is 2.79. The monoisotopic (exact) mass is 387 g/mol. The van der Waals surface area contributed by atoms with Crippen molar-refractivity contribution in [1.29, 1.82) is 0 Å². The van der Waals surface area contributed by atoms with Gasteiger partial charge in [-0.05, 0) is 41.0 Å². The van der Waals surface area contributed by atoms with Gasteiger partial charge in [-0.2, -0.15) is 11.8 Å². The van der Waals surface area contributed by atoms with Crippen molar-refractivity contribution < 1.29 is 14.4 Å². The zero-order valence-corrected chi connectivity index (χ0v) is 18.3. The van der Waals surface area contributed by atoms with Crippen LogP contribution in [-0.2, 0) is 14.4 Å². The molecule has 1 heterocycles. The SMILES string of the molecule is CCCC[C@H](CNOC(C)(C)C)C(=O)N[C@@H]1C(=O)N(C)CCSC1(C)C. The summed E-state index contributed by atoms with van der Waals surface area (Å²) in [5.74, 6) is 0.564. The number of rotatable bonds is 8. The second kappa shape index (κ2) is 9.95. The summed E-state index contributed by atoms with van der Waals surface area (Å²) in [6, 6.07) is -0.514. The zero-order valence-electron chi connectivity index (χ0n) is 17.5. The van der Waals surface area contributed by atoms with Gasteiger partial charge in [-0.15, -0.1) is 0 Å². The molecule has 2 atom stereocenters. The molecule has 152 valence electrons. The molecule has 0 unspecified atom stereocenters. The third-order valence-electron chi connectivity index (χ3n) is 4.49. The number of amides is 2. The maximum Gasteiger partial charge on any atom is 0.246 e. The first-order valence-electron chi connectivity index (χ1n) is 9.58. The van der Waals surface area contributed by atoms with Crippen LogP contribution < -0.4 is 10.8 Å². The molecule has 0 radical (unpaired) electrons. The molecule has 1 rings (SSSR count). The Morgan fingerprint density at radius 1 is 1.42 bits per heavy atom. The molecule has 1 aliphatic heterocycles. The van der Waals surface area contributed by atoms with Crippen molar-refractivity contribution in [3.8, 4) is 0 Å². The number of thioether (sulfide) groups is 1. The van der Waals surface area contributed by atoms with Gasteiger partial charge in [0.25, 0.3) is 0 Å². The van der Waals surface area contributed by atoms with E-state index in [9.17, 15) is 9.59 Å². The maximum atomic E-state index is 12.9. The summed E-state index contributed by atoms with van der Waals surface area (Å²) in [5, 5.41) is 3.04. The quantitative estimate of drug-likeness (QED) is 0.627. The van der Waals surface area contributed by atoms with E-state index < -0.39 is 6.04 Å². The second-order valence-corrected chi connectivity index (χ2v) is 10.3. The Morgan fingerprint density at radius 3 is 2.65 bits per heavy atom. The van der Waals surface area contributed by atoms with Crippen LogP contribution in [0.1, 0.15) is 60.8 Å². The number of hydroxylamine groups is 1. The molecule has 0 bridgehead atoms. The number of likely N-dealkylation sites (N-methyl/N-ethyl adjacent to an activating group) is 1. The Bertz CT molecular complexity index is 477. The van der Waals surface area contributed by atoms with E-state index >= 15 is 0 Å². The minimum Gasteiger partial charge on any atom is -0.343 e. The van der Waals surface area contributed by atoms with E-state index in [1.54, 1.807) is 23.7 Å². The number of hydrogen-bond donors (Lipinski definition) is 2. The topological polar surface area (TPSA) is 70.7 Å². The maximum absolute atomic E-state index is 12.9. The van der Waals surface area contributed by atoms with Gasteiger partial charge in [0.2, 0.25) is 11.8 Å². The van der Waals surface area contributed by atoms with Gasteiger partial charge in [0.05, 0.1) is 11.5 Å². The lowest BCUT2D eigenvalue weighted by Crippen LogP contribution is -2.57. The molecule has 1 aliphatic rings. The molecule has 0 spiro atoms. The van der Waals surface area contributed by atoms with Crippen LogP contribution in [0, 0.1) is 5.92 Å². The first-order chi connectivity index (χ1) is 12.0. The number of unbranched alkanes of at least 4 members (excludes halogenated alkanes) is 1. The highest BCUT2D eigenvalue weighted by molar-refractivity contribution is 8.00. The van der Waals surface area contributed by atoms with Gasteiger partial charge >= 0.3 is 0 Å². The van der Waals surface area contributed by atoms with Gasteiger partial charge in [0.15, 0.2) is 0 Å². The Morgan fingerprint density at radius 2 is 2.08 bits per heavy atom. The van der Waals surface area contributed by atoms with E-state index in [1.807, 2.05) is 34.6 Å². The summed E-state index contributed by atoms with van der Waals surface area (Å²) in [5.41, 5.74) is 2.63. The lowest BCUT2D eigenvalue weighted by Gasteiger charge is -2.33. The highest BCUT2D eigenvalue weighted by Gasteiger charge is 2.41. The molecule has 0 aromatic rings. The van der Waals surface area contributed by atoms with Crippen LogP contribution in [0.5, 0.6) is 0 Å². The van der Waals surface area contributed by atoms with E-state index in [1.165, 1.54) is 0 Å². The summed E-state index contributed by atoms with van der Waals surface area (Å²) in [6.45, 7) is 13.2. The third-order valence-corrected chi connectivity index (χ3v) is 5.86. The van der Waals surface area contributed by atoms with Crippen LogP contribution >= 0.6 is 11.8 Å². The van der Waals surface area contributed by atoms with Crippen molar-refractivity contribution in [1.82, 2.24) is 15.7 Å². The summed E-state index contributed by atoms with van der Waals surface area (Å²) >= 11 is 1.73. The van der Waals surface area contributed by atoms with Crippen molar-refractivity contribution >= 4 is 23.6 Å². The molecule has 2 N–H and O–H groups in total. The number of carbonyl (C=O) groups is 2. The van der Waals surface area contributed by atoms with Gasteiger partial charge in [-0.1, -0.05) is 19.8 Å². The molecule has 6 nitrogen and oxygen atoms in total. The first kappa shape index (κ1) is 23.2. The zero-order chi connectivity index (χ0) is 20.0. The van der Waals surface area contributed by atoms with Gasteiger partial charge in [0.1, 0.15) is 6.04 Å². The second-order valence-electron chi connectivity index (χ2n) is 8.56. The molecule has 1 fully saturated rings. The largest absolute Gasteiger partial charge is 0.343 e. The summed E-state index contributed by atoms with van der Waals surface area (Å²) in [7, 11) is 1.80. The molecule has 7 heteroatoms. The summed E-state index contributed by atoms with van der Waals surface area (Å²) in [6.07, 6.45) is 2.76. The minimum atomic E-state index is -0.514. The van der Waals surface area contributed by atoms with Gasteiger partial charge in [-0.3, -0.25) is 14.4 Å². The predicted molar refractivity (Wildman–Crippen MR) is 108 cm³/mol. The van der Waals surface area contributed by atoms with Crippen LogP contribution in [0.25, 0.3) is 0 Å². The van der Waals surface area contributed by atoms with Crippen molar-refractivity contribution in [2.24, 2.45) is 5.92 Å². The molecule has 26 heavy (non-hydrogen) atoms. The van der Waals surface area contributed by atoms with E-state index in [0.717, 1.165) is 25.0 Å². The fourth-order valence-corrected chi connectivity index (χ4v) is 4.01. The number of nitrogens with one attached hydrogen (secondary N) is 2. The van der Waals surface area contributed by atoms with Gasteiger partial charge in [-0.25, -0.2) is 5.48 Å². The Balaban J connectivity index is 2.80. The highest BCUT2D eigenvalue weighted by Crippen LogP contribution is 2.31. The fraction of sp³-hybridized carbons (Fsp3) is 0.895. The van der Waals surface area contributed by atoms with Gasteiger partial charge in [0, 0.05) is 30.6 Å². The van der Waals surface area contributed by atoms with Crippen LogP contribution in [0.2, 0.25) is 0 Å². The Kier molecular flexibility index (Phi) is 8.89. The highest BCUT2D eigenvalue weighted by atomic mass is 32.2. The lowest BCUT2D eigenvalue weighted by atomic mass is 9.97. The summed E-state index contributed by atoms with van der Waals surface area (Å²) in [4.78, 5) is 33.0. The van der Waals surface area contributed by atoms with E-state index in [4.69, 9.17) is 4.84 Å². The molecular formula is C19H37N3O3S. The van der Waals surface area contributed by atoms with Crippen molar-refractivity contribution in [3.63, 3.8) is 0 Å².